The Morgan fingerprint density at radius 3 is 2.85 bits per heavy atom. The summed E-state index contributed by atoms with van der Waals surface area (Å²) in [5.74, 6) is 0.0567. The van der Waals surface area contributed by atoms with Crippen LogP contribution in [0.2, 0.25) is 0 Å². The Labute approximate surface area is 118 Å². The second-order valence-electron chi connectivity index (χ2n) is 5.14. The van der Waals surface area contributed by atoms with Crippen LogP contribution in [0.3, 0.4) is 0 Å². The number of rotatable bonds is 6. The Kier molecular flexibility index (Phi) is 4.22. The number of imidazole rings is 1. The molecule has 108 valence electrons. The van der Waals surface area contributed by atoms with Crippen molar-refractivity contribution in [2.45, 2.75) is 32.7 Å². The zero-order valence-corrected chi connectivity index (χ0v) is 12.1. The minimum Gasteiger partial charge on any atom is -0.481 e. The van der Waals surface area contributed by atoms with Gasteiger partial charge in [-0.1, -0.05) is 0 Å². The van der Waals surface area contributed by atoms with Crippen molar-refractivity contribution in [2.75, 3.05) is 11.4 Å². The van der Waals surface area contributed by atoms with E-state index in [2.05, 4.69) is 28.7 Å². The van der Waals surface area contributed by atoms with E-state index in [1.54, 1.807) is 12.5 Å². The third-order valence-corrected chi connectivity index (χ3v) is 3.31. The summed E-state index contributed by atoms with van der Waals surface area (Å²) in [5, 5.41) is 8.76. The number of nitrogens with zero attached hydrogens (tertiary/aromatic N) is 4. The van der Waals surface area contributed by atoms with E-state index in [4.69, 9.17) is 5.11 Å². The number of fused-ring (bicyclic) bond motifs is 1. The normalized spacial score (nSPS) is 11.2. The standard InChI is InChI=1S/C14H20N4O2/c1-10(2)18(8-4-5-12(19)20)14-13-11(6-7-15-14)17(3)9-16-13/h6-7,9-10H,4-5,8H2,1-3H3,(H,19,20). The van der Waals surface area contributed by atoms with Gasteiger partial charge < -0.3 is 14.6 Å². The summed E-state index contributed by atoms with van der Waals surface area (Å²) in [7, 11) is 1.95. The van der Waals surface area contributed by atoms with Gasteiger partial charge in [-0.2, -0.15) is 0 Å². The van der Waals surface area contributed by atoms with E-state index in [0.717, 1.165) is 16.9 Å². The molecule has 0 saturated heterocycles. The highest BCUT2D eigenvalue weighted by atomic mass is 16.4. The van der Waals surface area contributed by atoms with Crippen LogP contribution >= 0.6 is 0 Å². The van der Waals surface area contributed by atoms with Gasteiger partial charge in [-0.3, -0.25) is 4.79 Å². The second kappa shape index (κ2) is 5.90. The van der Waals surface area contributed by atoms with Crippen LogP contribution in [0.5, 0.6) is 0 Å². The van der Waals surface area contributed by atoms with E-state index < -0.39 is 5.97 Å². The Morgan fingerprint density at radius 1 is 1.45 bits per heavy atom. The van der Waals surface area contributed by atoms with Crippen LogP contribution in [0.1, 0.15) is 26.7 Å². The lowest BCUT2D eigenvalue weighted by molar-refractivity contribution is -0.137. The van der Waals surface area contributed by atoms with Crippen molar-refractivity contribution < 1.29 is 9.90 Å². The number of aromatic nitrogens is 3. The SMILES string of the molecule is CC(C)N(CCCC(=O)O)c1nccc2c1ncn2C. The van der Waals surface area contributed by atoms with Gasteiger partial charge in [0.25, 0.3) is 0 Å². The third kappa shape index (κ3) is 2.89. The molecule has 20 heavy (non-hydrogen) atoms. The first-order chi connectivity index (χ1) is 9.50. The molecule has 0 bridgehead atoms. The van der Waals surface area contributed by atoms with Crippen molar-refractivity contribution in [3.63, 3.8) is 0 Å². The maximum absolute atomic E-state index is 10.7. The van der Waals surface area contributed by atoms with E-state index in [1.807, 2.05) is 17.7 Å². The average Bonchev–Trinajstić information content (AvgIpc) is 2.76. The van der Waals surface area contributed by atoms with Crippen molar-refractivity contribution in [2.24, 2.45) is 7.05 Å². The second-order valence-corrected chi connectivity index (χ2v) is 5.14. The molecule has 0 unspecified atom stereocenters. The fraction of sp³-hybridized carbons (Fsp3) is 0.500. The van der Waals surface area contributed by atoms with Gasteiger partial charge >= 0.3 is 5.97 Å². The quantitative estimate of drug-likeness (QED) is 0.874. The van der Waals surface area contributed by atoms with Gasteiger partial charge in [0.2, 0.25) is 0 Å². The van der Waals surface area contributed by atoms with Crippen molar-refractivity contribution in [1.29, 1.82) is 0 Å². The molecule has 0 amide bonds. The van der Waals surface area contributed by atoms with Gasteiger partial charge in [0, 0.05) is 32.3 Å². The molecule has 0 aromatic carbocycles. The molecule has 2 aromatic heterocycles. The molecule has 2 rings (SSSR count). The van der Waals surface area contributed by atoms with E-state index >= 15 is 0 Å². The molecule has 0 aliphatic heterocycles. The molecule has 0 saturated carbocycles. The number of hydrogen-bond donors (Lipinski definition) is 1. The minimum absolute atomic E-state index is 0.168. The van der Waals surface area contributed by atoms with E-state index in [0.29, 0.717) is 13.0 Å². The molecule has 0 atom stereocenters. The van der Waals surface area contributed by atoms with Crippen molar-refractivity contribution in [3.8, 4) is 0 Å². The van der Waals surface area contributed by atoms with Crippen LogP contribution in [-0.2, 0) is 11.8 Å². The largest absolute Gasteiger partial charge is 0.481 e. The highest BCUT2D eigenvalue weighted by Crippen LogP contribution is 2.24. The Bertz CT molecular complexity index is 606. The number of pyridine rings is 1. The maximum Gasteiger partial charge on any atom is 0.303 e. The summed E-state index contributed by atoms with van der Waals surface area (Å²) in [6.45, 7) is 4.81. The fourth-order valence-corrected chi connectivity index (χ4v) is 2.27. The number of anilines is 1. The predicted molar refractivity (Wildman–Crippen MR) is 77.9 cm³/mol. The first-order valence-corrected chi connectivity index (χ1v) is 6.75. The number of carbonyl (C=O) groups is 1. The topological polar surface area (TPSA) is 71.2 Å². The molecule has 2 aromatic rings. The summed E-state index contributed by atoms with van der Waals surface area (Å²) in [6, 6.07) is 2.17. The zero-order valence-electron chi connectivity index (χ0n) is 12.1. The number of hydrogen-bond acceptors (Lipinski definition) is 4. The van der Waals surface area contributed by atoms with E-state index in [1.165, 1.54) is 0 Å². The molecular weight excluding hydrogens is 256 g/mol. The minimum atomic E-state index is -0.766. The molecule has 0 spiro atoms. The molecule has 0 radical (unpaired) electrons. The first kappa shape index (κ1) is 14.3. The highest BCUT2D eigenvalue weighted by molar-refractivity contribution is 5.86. The summed E-state index contributed by atoms with van der Waals surface area (Å²) >= 11 is 0. The smallest absolute Gasteiger partial charge is 0.303 e. The lowest BCUT2D eigenvalue weighted by Gasteiger charge is -2.27. The van der Waals surface area contributed by atoms with Gasteiger partial charge in [0.05, 0.1) is 11.8 Å². The van der Waals surface area contributed by atoms with Crippen molar-refractivity contribution >= 4 is 22.8 Å². The number of carboxylic acids is 1. The van der Waals surface area contributed by atoms with Gasteiger partial charge in [-0.15, -0.1) is 0 Å². The molecule has 6 nitrogen and oxygen atoms in total. The molecule has 6 heteroatoms. The monoisotopic (exact) mass is 276 g/mol. The molecule has 1 N–H and O–H groups in total. The molecule has 2 heterocycles. The molecule has 0 aliphatic carbocycles. The van der Waals surface area contributed by atoms with E-state index in [-0.39, 0.29) is 12.5 Å². The average molecular weight is 276 g/mol. The highest BCUT2D eigenvalue weighted by Gasteiger charge is 2.17. The van der Waals surface area contributed by atoms with Gasteiger partial charge in [-0.05, 0) is 26.3 Å². The van der Waals surface area contributed by atoms with Gasteiger partial charge in [0.15, 0.2) is 5.82 Å². The number of carboxylic acid groups (broad SMARTS) is 1. The predicted octanol–water partition coefficient (Wildman–Crippen LogP) is 2.05. The lowest BCUT2D eigenvalue weighted by Crippen LogP contribution is -2.33. The third-order valence-electron chi connectivity index (χ3n) is 3.31. The summed E-state index contributed by atoms with van der Waals surface area (Å²) in [6.07, 6.45) is 4.30. The van der Waals surface area contributed by atoms with Crippen LogP contribution in [-0.4, -0.2) is 38.2 Å². The summed E-state index contributed by atoms with van der Waals surface area (Å²) < 4.78 is 1.95. The first-order valence-electron chi connectivity index (χ1n) is 6.75. The van der Waals surface area contributed by atoms with Crippen LogP contribution in [0.15, 0.2) is 18.6 Å². The van der Waals surface area contributed by atoms with E-state index in [9.17, 15) is 4.79 Å². The molecule has 0 fully saturated rings. The maximum atomic E-state index is 10.7. The van der Waals surface area contributed by atoms with Crippen LogP contribution in [0, 0.1) is 0 Å². The molecular formula is C14H20N4O2. The zero-order chi connectivity index (χ0) is 14.7. The summed E-state index contributed by atoms with van der Waals surface area (Å²) in [4.78, 5) is 21.6. The Balaban J connectivity index is 2.29. The molecule has 0 aliphatic rings. The van der Waals surface area contributed by atoms with Crippen molar-refractivity contribution in [3.05, 3.63) is 18.6 Å². The van der Waals surface area contributed by atoms with Gasteiger partial charge in [0.1, 0.15) is 5.52 Å². The van der Waals surface area contributed by atoms with Crippen molar-refractivity contribution in [1.82, 2.24) is 14.5 Å². The Hall–Kier alpha value is -2.11. The lowest BCUT2D eigenvalue weighted by atomic mass is 10.2. The van der Waals surface area contributed by atoms with Gasteiger partial charge in [-0.25, -0.2) is 9.97 Å². The number of aryl methyl sites for hydroxylation is 1. The van der Waals surface area contributed by atoms with Crippen LogP contribution < -0.4 is 4.90 Å². The number of aliphatic carboxylic acids is 1. The fourth-order valence-electron chi connectivity index (χ4n) is 2.27. The van der Waals surface area contributed by atoms with Crippen LogP contribution in [0.4, 0.5) is 5.82 Å². The Morgan fingerprint density at radius 2 is 2.20 bits per heavy atom. The summed E-state index contributed by atoms with van der Waals surface area (Å²) in [5.41, 5.74) is 1.89. The van der Waals surface area contributed by atoms with Crippen LogP contribution in [0.25, 0.3) is 11.0 Å².